The second-order valence-electron chi connectivity index (χ2n) is 7.79. The van der Waals surface area contributed by atoms with Crippen molar-refractivity contribution in [3.8, 4) is 0 Å². The average molecular weight is 392 g/mol. The lowest BCUT2D eigenvalue weighted by molar-refractivity contribution is -0.118. The van der Waals surface area contributed by atoms with Gasteiger partial charge in [0.2, 0.25) is 11.8 Å². The lowest BCUT2D eigenvalue weighted by Crippen LogP contribution is -2.62. The number of amides is 3. The summed E-state index contributed by atoms with van der Waals surface area (Å²) in [6, 6.07) is 10.9. The summed E-state index contributed by atoms with van der Waals surface area (Å²) in [4.78, 5) is 45.6. The van der Waals surface area contributed by atoms with Crippen LogP contribution in [0.1, 0.15) is 48.5 Å². The highest BCUT2D eigenvalue weighted by atomic mass is 16.2. The molecule has 29 heavy (non-hydrogen) atoms. The van der Waals surface area contributed by atoms with Crippen LogP contribution in [-0.4, -0.2) is 39.8 Å². The Hall–Kier alpha value is -3.22. The normalized spacial score (nSPS) is 20.5. The molecule has 0 saturated carbocycles. The topological polar surface area (TPSA) is 82.6 Å². The zero-order chi connectivity index (χ0) is 20.6. The minimum Gasteiger partial charge on any atom is -0.315 e. The van der Waals surface area contributed by atoms with Gasteiger partial charge in [0.15, 0.2) is 0 Å². The average Bonchev–Trinajstić information content (AvgIpc) is 3.02. The Balaban J connectivity index is 1.45. The van der Waals surface area contributed by atoms with Crippen molar-refractivity contribution < 1.29 is 14.4 Å². The quantitative estimate of drug-likeness (QED) is 0.848. The molecule has 7 nitrogen and oxygen atoms in total. The maximum absolute atomic E-state index is 13.1. The summed E-state index contributed by atoms with van der Waals surface area (Å²) in [5, 5.41) is 2.78. The standard InChI is InChI=1S/C22H24N4O3/c1-15-9-10-18(23-14-15)24-19(27)8-5-13-25-21(29)16-6-3-4-7-17(16)26-20(28)11-12-22(25,26)2/h3-4,6-7,9-10,14H,5,8,11-13H2,1-2H3,(H,23,24,27)/t22-/m1/s1. The van der Waals surface area contributed by atoms with Gasteiger partial charge < -0.3 is 10.2 Å². The molecule has 2 aromatic rings. The molecule has 1 aromatic carbocycles. The van der Waals surface area contributed by atoms with Crippen molar-refractivity contribution in [2.75, 3.05) is 16.8 Å². The number of fused-ring (bicyclic) bond motifs is 3. The van der Waals surface area contributed by atoms with E-state index in [0.717, 1.165) is 5.56 Å². The fourth-order valence-electron chi connectivity index (χ4n) is 4.19. The van der Waals surface area contributed by atoms with Crippen LogP contribution in [0.5, 0.6) is 0 Å². The number of carbonyl (C=O) groups excluding carboxylic acids is 3. The van der Waals surface area contributed by atoms with Crippen LogP contribution in [0.2, 0.25) is 0 Å². The van der Waals surface area contributed by atoms with Crippen LogP contribution in [0.3, 0.4) is 0 Å². The number of hydrogen-bond donors (Lipinski definition) is 1. The molecule has 7 heteroatoms. The molecule has 0 spiro atoms. The summed E-state index contributed by atoms with van der Waals surface area (Å²) in [7, 11) is 0. The van der Waals surface area contributed by atoms with Crippen LogP contribution < -0.4 is 10.2 Å². The number of carbonyl (C=O) groups is 3. The monoisotopic (exact) mass is 392 g/mol. The number of benzene rings is 1. The highest BCUT2D eigenvalue weighted by molar-refractivity contribution is 6.10. The minimum absolute atomic E-state index is 0.0284. The summed E-state index contributed by atoms with van der Waals surface area (Å²) in [5.41, 5.74) is 1.56. The maximum atomic E-state index is 13.1. The third kappa shape index (κ3) is 3.37. The van der Waals surface area contributed by atoms with Crippen LogP contribution in [0.15, 0.2) is 42.6 Å². The van der Waals surface area contributed by atoms with Gasteiger partial charge in [-0.3, -0.25) is 19.3 Å². The van der Waals surface area contributed by atoms with Gasteiger partial charge in [0, 0.05) is 25.6 Å². The number of rotatable bonds is 5. The smallest absolute Gasteiger partial charge is 0.257 e. The Kier molecular flexibility index (Phi) is 4.82. The van der Waals surface area contributed by atoms with Crippen molar-refractivity contribution in [1.82, 2.24) is 9.88 Å². The Morgan fingerprint density at radius 3 is 2.76 bits per heavy atom. The van der Waals surface area contributed by atoms with E-state index in [1.807, 2.05) is 32.0 Å². The molecular formula is C22H24N4O3. The van der Waals surface area contributed by atoms with E-state index in [4.69, 9.17) is 0 Å². The van der Waals surface area contributed by atoms with Crippen molar-refractivity contribution >= 4 is 29.2 Å². The van der Waals surface area contributed by atoms with Gasteiger partial charge in [-0.2, -0.15) is 0 Å². The fraction of sp³-hybridized carbons (Fsp3) is 0.364. The van der Waals surface area contributed by atoms with Crippen LogP contribution in [0, 0.1) is 6.92 Å². The number of pyridine rings is 1. The van der Waals surface area contributed by atoms with Crippen LogP contribution in [0.25, 0.3) is 0 Å². The van der Waals surface area contributed by atoms with Gasteiger partial charge in [-0.1, -0.05) is 18.2 Å². The van der Waals surface area contributed by atoms with Crippen molar-refractivity contribution in [3.05, 3.63) is 53.7 Å². The molecule has 150 valence electrons. The van der Waals surface area contributed by atoms with Gasteiger partial charge in [0.25, 0.3) is 5.91 Å². The lowest BCUT2D eigenvalue weighted by atomic mass is 9.98. The van der Waals surface area contributed by atoms with E-state index in [1.165, 1.54) is 0 Å². The first-order valence-electron chi connectivity index (χ1n) is 9.87. The largest absolute Gasteiger partial charge is 0.315 e. The molecule has 2 aliphatic rings. The molecule has 0 radical (unpaired) electrons. The molecule has 1 fully saturated rings. The highest BCUT2D eigenvalue weighted by Gasteiger charge is 2.52. The van der Waals surface area contributed by atoms with E-state index in [0.29, 0.717) is 42.9 Å². The van der Waals surface area contributed by atoms with E-state index < -0.39 is 5.66 Å². The molecule has 2 aliphatic heterocycles. The van der Waals surface area contributed by atoms with Gasteiger partial charge in [0.1, 0.15) is 11.5 Å². The first kappa shape index (κ1) is 19.1. The SMILES string of the molecule is Cc1ccc(NC(=O)CCCN2C(=O)c3ccccc3N3C(=O)CC[C@]23C)nc1. The molecular weight excluding hydrogens is 368 g/mol. The Morgan fingerprint density at radius 2 is 2.00 bits per heavy atom. The van der Waals surface area contributed by atoms with Gasteiger partial charge >= 0.3 is 0 Å². The second kappa shape index (κ2) is 7.31. The zero-order valence-corrected chi connectivity index (χ0v) is 16.6. The van der Waals surface area contributed by atoms with Crippen LogP contribution in [-0.2, 0) is 9.59 Å². The van der Waals surface area contributed by atoms with Crippen LogP contribution in [0.4, 0.5) is 11.5 Å². The molecule has 0 aliphatic carbocycles. The van der Waals surface area contributed by atoms with Gasteiger partial charge in [-0.15, -0.1) is 0 Å². The third-order valence-corrected chi connectivity index (χ3v) is 5.71. The van der Waals surface area contributed by atoms with E-state index in [9.17, 15) is 14.4 Å². The Labute approximate surface area is 169 Å². The number of nitrogens with zero attached hydrogens (tertiary/aromatic N) is 3. The first-order valence-corrected chi connectivity index (χ1v) is 9.87. The minimum atomic E-state index is -0.683. The molecule has 1 N–H and O–H groups in total. The van der Waals surface area contributed by atoms with Gasteiger partial charge in [0.05, 0.1) is 11.3 Å². The summed E-state index contributed by atoms with van der Waals surface area (Å²) >= 11 is 0. The molecule has 0 bridgehead atoms. The Bertz CT molecular complexity index is 972. The van der Waals surface area contributed by atoms with Crippen molar-refractivity contribution in [2.45, 2.75) is 45.2 Å². The van der Waals surface area contributed by atoms with E-state index in [1.54, 1.807) is 34.2 Å². The van der Waals surface area contributed by atoms with E-state index >= 15 is 0 Å². The molecule has 3 amide bonds. The molecule has 1 saturated heterocycles. The predicted octanol–water partition coefficient (Wildman–Crippen LogP) is 3.11. The highest BCUT2D eigenvalue weighted by Crippen LogP contribution is 2.43. The summed E-state index contributed by atoms with van der Waals surface area (Å²) in [5.74, 6) is 0.314. The van der Waals surface area contributed by atoms with E-state index in [-0.39, 0.29) is 24.1 Å². The number of para-hydroxylation sites is 1. The third-order valence-electron chi connectivity index (χ3n) is 5.71. The van der Waals surface area contributed by atoms with Gasteiger partial charge in [-0.05, 0) is 50.5 Å². The number of anilines is 2. The molecule has 3 heterocycles. The summed E-state index contributed by atoms with van der Waals surface area (Å²) in [6.45, 7) is 4.27. The molecule has 4 rings (SSSR count). The molecule has 1 atom stereocenters. The van der Waals surface area contributed by atoms with Crippen molar-refractivity contribution in [2.24, 2.45) is 0 Å². The fourth-order valence-corrected chi connectivity index (χ4v) is 4.19. The zero-order valence-electron chi connectivity index (χ0n) is 16.6. The molecule has 1 aromatic heterocycles. The number of aryl methyl sites for hydroxylation is 1. The number of nitrogens with one attached hydrogen (secondary N) is 1. The maximum Gasteiger partial charge on any atom is 0.257 e. The van der Waals surface area contributed by atoms with Gasteiger partial charge in [-0.25, -0.2) is 4.98 Å². The molecule has 0 unspecified atom stereocenters. The predicted molar refractivity (Wildman–Crippen MR) is 109 cm³/mol. The lowest BCUT2D eigenvalue weighted by Gasteiger charge is -2.48. The van der Waals surface area contributed by atoms with Crippen molar-refractivity contribution in [3.63, 3.8) is 0 Å². The van der Waals surface area contributed by atoms with Crippen LogP contribution >= 0.6 is 0 Å². The summed E-state index contributed by atoms with van der Waals surface area (Å²) < 4.78 is 0. The van der Waals surface area contributed by atoms with E-state index in [2.05, 4.69) is 10.3 Å². The summed E-state index contributed by atoms with van der Waals surface area (Å²) in [6.07, 6.45) is 3.47. The number of hydrogen-bond acceptors (Lipinski definition) is 4. The number of aromatic nitrogens is 1. The Morgan fingerprint density at radius 1 is 1.21 bits per heavy atom. The van der Waals surface area contributed by atoms with Crippen molar-refractivity contribution in [1.29, 1.82) is 0 Å². The first-order chi connectivity index (χ1) is 13.9. The second-order valence-corrected chi connectivity index (χ2v) is 7.79.